The first-order chi connectivity index (χ1) is 10.7. The van der Waals surface area contributed by atoms with Gasteiger partial charge in [-0.3, -0.25) is 0 Å². The van der Waals surface area contributed by atoms with Gasteiger partial charge in [-0.05, 0) is 32.9 Å². The van der Waals surface area contributed by atoms with Crippen molar-refractivity contribution in [3.63, 3.8) is 0 Å². The van der Waals surface area contributed by atoms with Crippen LogP contribution in [0.25, 0.3) is 0 Å². The van der Waals surface area contributed by atoms with E-state index in [-0.39, 0.29) is 13.3 Å². The molecule has 2 rings (SSSR count). The Morgan fingerprint density at radius 2 is 1.96 bits per heavy atom. The van der Waals surface area contributed by atoms with E-state index in [0.29, 0.717) is 21.5 Å². The maximum absolute atomic E-state index is 11.6. The third kappa shape index (κ3) is 4.73. The van der Waals surface area contributed by atoms with E-state index in [1.807, 2.05) is 0 Å². The summed E-state index contributed by atoms with van der Waals surface area (Å²) in [5.41, 5.74) is -0.193. The smallest absolute Gasteiger partial charge is 0.407 e. The largest absolute Gasteiger partial charge is 0.454 e. The number of aliphatic hydroxyl groups excluding tert-OH is 2. The summed E-state index contributed by atoms with van der Waals surface area (Å²) in [6, 6.07) is 3.25. The second-order valence-corrected chi connectivity index (χ2v) is 6.98. The van der Waals surface area contributed by atoms with E-state index < -0.39 is 23.9 Å². The number of hydrogen-bond donors (Lipinski definition) is 3. The Bertz CT molecular complexity index is 586. The predicted octanol–water partition coefficient (Wildman–Crippen LogP) is 2.10. The second-order valence-electron chi connectivity index (χ2n) is 6.12. The fourth-order valence-electron chi connectivity index (χ4n) is 1.98. The monoisotopic (exact) mass is 389 g/mol. The van der Waals surface area contributed by atoms with Gasteiger partial charge in [-0.15, -0.1) is 0 Å². The van der Waals surface area contributed by atoms with Gasteiger partial charge >= 0.3 is 6.09 Å². The minimum absolute atomic E-state index is 0.115. The van der Waals surface area contributed by atoms with Crippen molar-refractivity contribution < 1.29 is 29.2 Å². The molecule has 1 amide bonds. The quantitative estimate of drug-likeness (QED) is 0.729. The number of rotatable bonds is 4. The molecule has 0 saturated carbocycles. The number of carbonyl (C=O) groups is 1. The molecule has 1 heterocycles. The highest BCUT2D eigenvalue weighted by Gasteiger charge is 2.26. The molecule has 8 heteroatoms. The third-order valence-corrected chi connectivity index (χ3v) is 3.72. The molecule has 0 fully saturated rings. The summed E-state index contributed by atoms with van der Waals surface area (Å²) >= 11 is 3.32. The second kappa shape index (κ2) is 6.94. The number of alkyl carbamates (subject to hydrolysis) is 1. The zero-order chi connectivity index (χ0) is 17.2. The fourth-order valence-corrected chi connectivity index (χ4v) is 2.54. The van der Waals surface area contributed by atoms with Gasteiger partial charge in [-0.25, -0.2) is 4.79 Å². The van der Waals surface area contributed by atoms with Gasteiger partial charge in [0.25, 0.3) is 0 Å². The van der Waals surface area contributed by atoms with Crippen molar-refractivity contribution in [3.05, 3.63) is 22.2 Å². The predicted molar refractivity (Wildman–Crippen MR) is 85.5 cm³/mol. The molecule has 3 N–H and O–H groups in total. The minimum atomic E-state index is -1.21. The highest BCUT2D eigenvalue weighted by atomic mass is 79.9. The van der Waals surface area contributed by atoms with Crippen LogP contribution in [0, 0.1) is 0 Å². The van der Waals surface area contributed by atoms with Crippen LogP contribution in [0.2, 0.25) is 0 Å². The molecular weight excluding hydrogens is 370 g/mol. The number of fused-ring (bicyclic) bond motifs is 1. The lowest BCUT2D eigenvalue weighted by Crippen LogP contribution is -2.38. The minimum Gasteiger partial charge on any atom is -0.454 e. The zero-order valence-corrected chi connectivity index (χ0v) is 14.7. The Kier molecular flexibility index (Phi) is 5.38. The first-order valence-electron chi connectivity index (χ1n) is 7.09. The van der Waals surface area contributed by atoms with Crippen molar-refractivity contribution in [3.8, 4) is 11.5 Å². The van der Waals surface area contributed by atoms with Crippen molar-refractivity contribution in [2.75, 3.05) is 13.3 Å². The van der Waals surface area contributed by atoms with Gasteiger partial charge in [0, 0.05) is 16.6 Å². The average molecular weight is 390 g/mol. The molecular formula is C15H20BrNO6. The first kappa shape index (κ1) is 17.8. The molecule has 0 saturated heterocycles. The molecule has 1 aliphatic heterocycles. The van der Waals surface area contributed by atoms with Crippen molar-refractivity contribution in [2.45, 2.75) is 38.6 Å². The zero-order valence-electron chi connectivity index (χ0n) is 13.1. The van der Waals surface area contributed by atoms with Gasteiger partial charge < -0.3 is 29.7 Å². The fraction of sp³-hybridized carbons (Fsp3) is 0.533. The topological polar surface area (TPSA) is 97.3 Å². The van der Waals surface area contributed by atoms with Gasteiger partial charge in [-0.2, -0.15) is 0 Å². The molecule has 7 nitrogen and oxygen atoms in total. The van der Waals surface area contributed by atoms with Gasteiger partial charge in [0.2, 0.25) is 6.79 Å². The molecule has 0 bridgehead atoms. The van der Waals surface area contributed by atoms with Crippen LogP contribution in [0.1, 0.15) is 32.4 Å². The normalized spacial score (nSPS) is 15.9. The van der Waals surface area contributed by atoms with E-state index in [0.717, 1.165) is 0 Å². The summed E-state index contributed by atoms with van der Waals surface area (Å²) in [6.07, 6.45) is -3.08. The first-order valence-corrected chi connectivity index (χ1v) is 7.88. The summed E-state index contributed by atoms with van der Waals surface area (Å²) in [5, 5.41) is 22.8. The van der Waals surface area contributed by atoms with E-state index in [4.69, 9.17) is 14.2 Å². The van der Waals surface area contributed by atoms with Crippen LogP contribution in [-0.4, -0.2) is 41.3 Å². The maximum atomic E-state index is 11.6. The van der Waals surface area contributed by atoms with Crippen molar-refractivity contribution in [2.24, 2.45) is 0 Å². The van der Waals surface area contributed by atoms with Gasteiger partial charge in [0.1, 0.15) is 17.8 Å². The highest BCUT2D eigenvalue weighted by molar-refractivity contribution is 9.10. The lowest BCUT2D eigenvalue weighted by molar-refractivity contribution is 0.0125. The number of aliphatic hydroxyl groups is 2. The number of halogens is 1. The molecule has 23 heavy (non-hydrogen) atoms. The molecule has 2 unspecified atom stereocenters. The lowest BCUT2D eigenvalue weighted by atomic mass is 10.0. The summed E-state index contributed by atoms with van der Waals surface area (Å²) < 4.78 is 16.1. The Balaban J connectivity index is 1.97. The summed E-state index contributed by atoms with van der Waals surface area (Å²) in [5.74, 6) is 1.06. The summed E-state index contributed by atoms with van der Waals surface area (Å²) in [4.78, 5) is 11.6. The van der Waals surface area contributed by atoms with Crippen molar-refractivity contribution in [1.29, 1.82) is 0 Å². The highest BCUT2D eigenvalue weighted by Crippen LogP contribution is 2.39. The van der Waals surface area contributed by atoms with Crippen LogP contribution in [0.15, 0.2) is 16.6 Å². The number of nitrogens with one attached hydrogen (secondary N) is 1. The molecule has 1 aliphatic rings. The number of hydrogen-bond acceptors (Lipinski definition) is 6. The van der Waals surface area contributed by atoms with E-state index in [1.54, 1.807) is 32.9 Å². The van der Waals surface area contributed by atoms with Gasteiger partial charge in [0.05, 0.1) is 0 Å². The molecule has 0 spiro atoms. The average Bonchev–Trinajstić information content (AvgIpc) is 2.88. The maximum Gasteiger partial charge on any atom is 0.407 e. The van der Waals surface area contributed by atoms with E-state index in [2.05, 4.69) is 21.2 Å². The van der Waals surface area contributed by atoms with Crippen LogP contribution in [0.3, 0.4) is 0 Å². The SMILES string of the molecule is CC(C)(C)OC(=O)NCC(O)C(O)c1cc2c(cc1Br)OCO2. The van der Waals surface area contributed by atoms with Crippen molar-refractivity contribution in [1.82, 2.24) is 5.32 Å². The van der Waals surface area contributed by atoms with E-state index in [1.165, 1.54) is 0 Å². The van der Waals surface area contributed by atoms with Gasteiger partial charge in [-0.1, -0.05) is 15.9 Å². The molecule has 0 radical (unpaired) electrons. The molecule has 1 aromatic rings. The molecule has 2 atom stereocenters. The van der Waals surface area contributed by atoms with Crippen LogP contribution in [-0.2, 0) is 4.74 Å². The summed E-state index contributed by atoms with van der Waals surface area (Å²) in [7, 11) is 0. The molecule has 0 aliphatic carbocycles. The van der Waals surface area contributed by atoms with Crippen molar-refractivity contribution >= 4 is 22.0 Å². The third-order valence-electron chi connectivity index (χ3n) is 3.03. The van der Waals surface area contributed by atoms with E-state index >= 15 is 0 Å². The Morgan fingerprint density at radius 3 is 2.57 bits per heavy atom. The molecule has 0 aromatic heterocycles. The number of carbonyl (C=O) groups excluding carboxylic acids is 1. The standard InChI is InChI=1S/C15H20BrNO6/c1-15(2,3)23-14(20)17-6-10(18)13(19)8-4-11-12(5-9(8)16)22-7-21-11/h4-5,10,13,18-19H,6-7H2,1-3H3,(H,17,20). The Morgan fingerprint density at radius 1 is 1.35 bits per heavy atom. The van der Waals surface area contributed by atoms with Crippen LogP contribution < -0.4 is 14.8 Å². The van der Waals surface area contributed by atoms with E-state index in [9.17, 15) is 15.0 Å². The number of amides is 1. The number of ether oxygens (including phenoxy) is 3. The molecule has 128 valence electrons. The van der Waals surface area contributed by atoms with Crippen LogP contribution >= 0.6 is 15.9 Å². The van der Waals surface area contributed by atoms with Crippen LogP contribution in [0.4, 0.5) is 4.79 Å². The van der Waals surface area contributed by atoms with Gasteiger partial charge in [0.15, 0.2) is 11.5 Å². The Hall–Kier alpha value is -1.51. The summed E-state index contributed by atoms with van der Waals surface area (Å²) in [6.45, 7) is 5.17. The molecule has 1 aromatic carbocycles. The number of benzene rings is 1. The Labute approximate surface area is 142 Å². The van der Waals surface area contributed by atoms with Crippen LogP contribution in [0.5, 0.6) is 11.5 Å². The lowest BCUT2D eigenvalue weighted by Gasteiger charge is -2.22.